The van der Waals surface area contributed by atoms with Crippen molar-refractivity contribution in [2.75, 3.05) is 5.32 Å². The molecule has 4 rings (SSSR count). The average Bonchev–Trinajstić information content (AvgIpc) is 3.16. The van der Waals surface area contributed by atoms with Gasteiger partial charge in [-0.3, -0.25) is 5.32 Å². The summed E-state index contributed by atoms with van der Waals surface area (Å²) in [6, 6.07) is 11.7. The zero-order valence-corrected chi connectivity index (χ0v) is 14.7. The molecule has 1 aliphatic rings. The maximum atomic E-state index is 12.2. The van der Waals surface area contributed by atoms with E-state index < -0.39 is 0 Å². The second-order valence-electron chi connectivity index (χ2n) is 6.66. The molecule has 1 saturated carbocycles. The molecular weight excluding hydrogens is 328 g/mol. The third-order valence-corrected chi connectivity index (χ3v) is 4.76. The lowest BCUT2D eigenvalue weighted by Crippen LogP contribution is -2.29. The number of benzene rings is 1. The summed E-state index contributed by atoms with van der Waals surface area (Å²) >= 11 is 0. The van der Waals surface area contributed by atoms with Crippen molar-refractivity contribution in [3.05, 3.63) is 60.6 Å². The van der Waals surface area contributed by atoms with E-state index in [1.165, 1.54) is 12.8 Å². The van der Waals surface area contributed by atoms with Crippen molar-refractivity contribution in [3.8, 4) is 5.69 Å². The molecule has 7 heteroatoms. The summed E-state index contributed by atoms with van der Waals surface area (Å²) in [5.74, 6) is 1.41. The minimum absolute atomic E-state index is 0.231. The lowest BCUT2D eigenvalue weighted by molar-refractivity contribution is 0.251. The van der Waals surface area contributed by atoms with Gasteiger partial charge in [0.2, 0.25) is 0 Å². The van der Waals surface area contributed by atoms with E-state index in [4.69, 9.17) is 0 Å². The molecule has 7 nitrogen and oxygen atoms in total. The number of hydrogen-bond acceptors (Lipinski definition) is 3. The van der Waals surface area contributed by atoms with Crippen molar-refractivity contribution >= 4 is 11.8 Å². The zero-order chi connectivity index (χ0) is 17.9. The minimum atomic E-state index is -0.231. The fourth-order valence-corrected chi connectivity index (χ4v) is 3.05. The molecule has 0 spiro atoms. The summed E-state index contributed by atoms with van der Waals surface area (Å²) in [5, 5.41) is 14.3. The van der Waals surface area contributed by atoms with E-state index in [2.05, 4.69) is 27.8 Å². The molecule has 0 bridgehead atoms. The molecule has 0 unspecified atom stereocenters. The van der Waals surface area contributed by atoms with Gasteiger partial charge < -0.3 is 5.32 Å². The first-order valence-electron chi connectivity index (χ1n) is 8.88. The van der Waals surface area contributed by atoms with Gasteiger partial charge in [-0.2, -0.15) is 10.2 Å². The van der Waals surface area contributed by atoms with Gasteiger partial charge in [0.15, 0.2) is 0 Å². The van der Waals surface area contributed by atoms with Gasteiger partial charge in [0, 0.05) is 25.0 Å². The zero-order valence-electron chi connectivity index (χ0n) is 14.7. The monoisotopic (exact) mass is 350 g/mol. The van der Waals surface area contributed by atoms with E-state index in [9.17, 15) is 4.79 Å². The number of hydrogen-bond donors (Lipinski definition) is 2. The second-order valence-corrected chi connectivity index (χ2v) is 6.66. The van der Waals surface area contributed by atoms with E-state index >= 15 is 0 Å². The molecule has 0 aliphatic heterocycles. The Kier molecular flexibility index (Phi) is 4.43. The van der Waals surface area contributed by atoms with Crippen LogP contribution in [-0.2, 0) is 6.54 Å². The van der Waals surface area contributed by atoms with Crippen LogP contribution in [0.5, 0.6) is 0 Å². The van der Waals surface area contributed by atoms with Gasteiger partial charge in [-0.1, -0.05) is 12.1 Å². The van der Waals surface area contributed by atoms with Crippen LogP contribution in [0.15, 0.2) is 55.0 Å². The van der Waals surface area contributed by atoms with Crippen LogP contribution in [0.25, 0.3) is 5.69 Å². The Morgan fingerprint density at radius 2 is 2.00 bits per heavy atom. The first-order valence-corrected chi connectivity index (χ1v) is 8.88. The number of carbonyl (C=O) groups excluding carboxylic acids is 1. The van der Waals surface area contributed by atoms with Crippen LogP contribution in [0.4, 0.5) is 10.6 Å². The highest BCUT2D eigenvalue weighted by molar-refractivity contribution is 5.88. The highest BCUT2D eigenvalue weighted by Gasteiger charge is 2.30. The molecule has 1 aromatic carbocycles. The second kappa shape index (κ2) is 7.03. The van der Waals surface area contributed by atoms with Crippen molar-refractivity contribution in [3.63, 3.8) is 0 Å². The maximum Gasteiger partial charge on any atom is 0.320 e. The SMILES string of the molecule is C[C@@H](C1CC1)n1nccc1NC(=O)NCc1ccc(-n2cccn2)cc1. The van der Waals surface area contributed by atoms with Crippen LogP contribution >= 0.6 is 0 Å². The molecule has 2 N–H and O–H groups in total. The Hall–Kier alpha value is -3.09. The van der Waals surface area contributed by atoms with Crippen molar-refractivity contribution in [1.29, 1.82) is 0 Å². The van der Waals surface area contributed by atoms with E-state index in [1.54, 1.807) is 17.1 Å². The summed E-state index contributed by atoms with van der Waals surface area (Å²) in [6.07, 6.45) is 7.84. The minimum Gasteiger partial charge on any atom is -0.334 e. The summed E-state index contributed by atoms with van der Waals surface area (Å²) in [7, 11) is 0. The number of aromatic nitrogens is 4. The molecule has 1 fully saturated rings. The quantitative estimate of drug-likeness (QED) is 0.716. The van der Waals surface area contributed by atoms with E-state index in [0.717, 1.165) is 17.1 Å². The van der Waals surface area contributed by atoms with Crippen LogP contribution < -0.4 is 10.6 Å². The number of rotatable bonds is 6. The largest absolute Gasteiger partial charge is 0.334 e. The molecule has 2 heterocycles. The van der Waals surface area contributed by atoms with Gasteiger partial charge >= 0.3 is 6.03 Å². The van der Waals surface area contributed by atoms with Crippen LogP contribution in [0.2, 0.25) is 0 Å². The molecule has 2 aromatic heterocycles. The molecule has 3 aromatic rings. The lowest BCUT2D eigenvalue weighted by Gasteiger charge is -2.15. The van der Waals surface area contributed by atoms with Crippen molar-refractivity contribution in [1.82, 2.24) is 24.9 Å². The van der Waals surface area contributed by atoms with Crippen LogP contribution in [0.3, 0.4) is 0 Å². The van der Waals surface area contributed by atoms with Gasteiger partial charge in [0.25, 0.3) is 0 Å². The summed E-state index contributed by atoms with van der Waals surface area (Å²) in [6.45, 7) is 2.60. The summed E-state index contributed by atoms with van der Waals surface area (Å²) in [5.41, 5.74) is 2.01. The molecule has 0 saturated heterocycles. The Morgan fingerprint density at radius 1 is 1.19 bits per heavy atom. The van der Waals surface area contributed by atoms with Gasteiger partial charge in [-0.15, -0.1) is 0 Å². The van der Waals surface area contributed by atoms with Gasteiger partial charge in [-0.05, 0) is 49.4 Å². The van der Waals surface area contributed by atoms with Crippen LogP contribution in [0.1, 0.15) is 31.4 Å². The number of urea groups is 1. The predicted molar refractivity (Wildman–Crippen MR) is 99.1 cm³/mol. The number of carbonyl (C=O) groups is 1. The Morgan fingerprint density at radius 3 is 2.69 bits per heavy atom. The Balaban J connectivity index is 1.32. The maximum absolute atomic E-state index is 12.2. The van der Waals surface area contributed by atoms with E-state index in [1.807, 2.05) is 47.3 Å². The smallest absolute Gasteiger partial charge is 0.320 e. The molecule has 0 radical (unpaired) electrons. The molecular formula is C19H22N6O. The molecule has 1 aliphatic carbocycles. The van der Waals surface area contributed by atoms with Crippen LogP contribution in [0, 0.1) is 5.92 Å². The third-order valence-electron chi connectivity index (χ3n) is 4.76. The highest BCUT2D eigenvalue weighted by Crippen LogP contribution is 2.40. The van der Waals surface area contributed by atoms with E-state index in [0.29, 0.717) is 18.5 Å². The van der Waals surface area contributed by atoms with Crippen molar-refractivity contribution < 1.29 is 4.79 Å². The summed E-state index contributed by atoms with van der Waals surface area (Å²) in [4.78, 5) is 12.2. The van der Waals surface area contributed by atoms with Crippen molar-refractivity contribution in [2.45, 2.75) is 32.4 Å². The molecule has 26 heavy (non-hydrogen) atoms. The van der Waals surface area contributed by atoms with Crippen LogP contribution in [-0.4, -0.2) is 25.6 Å². The molecule has 2 amide bonds. The Labute approximate surface area is 152 Å². The fraction of sp³-hybridized carbons (Fsp3) is 0.316. The van der Waals surface area contributed by atoms with Crippen molar-refractivity contribution in [2.24, 2.45) is 5.92 Å². The van der Waals surface area contributed by atoms with Gasteiger partial charge in [0.1, 0.15) is 5.82 Å². The number of anilines is 1. The molecule has 134 valence electrons. The standard InChI is InChI=1S/C19H22N6O/c1-14(16-5-6-16)25-18(9-11-22-25)23-19(26)20-13-15-3-7-17(8-4-15)24-12-2-10-21-24/h2-4,7-12,14,16H,5-6,13H2,1H3,(H2,20,23,26)/t14-/m0/s1. The first-order chi connectivity index (χ1) is 12.7. The van der Waals surface area contributed by atoms with Gasteiger partial charge in [-0.25, -0.2) is 14.2 Å². The summed E-state index contributed by atoms with van der Waals surface area (Å²) < 4.78 is 3.70. The Bertz CT molecular complexity index is 864. The molecule has 1 atom stereocenters. The lowest BCUT2D eigenvalue weighted by atomic mass is 10.2. The third kappa shape index (κ3) is 3.61. The van der Waals surface area contributed by atoms with Gasteiger partial charge in [0.05, 0.1) is 17.9 Å². The fourth-order valence-electron chi connectivity index (χ4n) is 3.05. The average molecular weight is 350 g/mol. The highest BCUT2D eigenvalue weighted by atomic mass is 16.2. The normalized spacial score (nSPS) is 14.8. The van der Waals surface area contributed by atoms with E-state index in [-0.39, 0.29) is 6.03 Å². The topological polar surface area (TPSA) is 76.8 Å². The first kappa shape index (κ1) is 16.4. The number of amides is 2. The number of nitrogens with one attached hydrogen (secondary N) is 2. The number of nitrogens with zero attached hydrogens (tertiary/aromatic N) is 4. The predicted octanol–water partition coefficient (Wildman–Crippen LogP) is 3.36.